The van der Waals surface area contributed by atoms with Gasteiger partial charge in [0.05, 0.1) is 0 Å². The minimum atomic E-state index is 0. The Labute approximate surface area is 84.3 Å². The van der Waals surface area contributed by atoms with E-state index >= 15 is 0 Å². The second kappa shape index (κ2) is 3.39. The van der Waals surface area contributed by atoms with Gasteiger partial charge in [0, 0.05) is 0 Å². The molecule has 0 N–H and O–H groups in total. The van der Waals surface area contributed by atoms with Crippen LogP contribution in [0.15, 0.2) is 29.8 Å². The quantitative estimate of drug-likeness (QED) is 0.408. The largest absolute Gasteiger partial charge is 1.00 e. The van der Waals surface area contributed by atoms with E-state index in [1.54, 1.807) is 0 Å². The first-order chi connectivity index (χ1) is 5.29. The van der Waals surface area contributed by atoms with Crippen LogP contribution in [0.3, 0.4) is 0 Å². The molecule has 0 saturated heterocycles. The van der Waals surface area contributed by atoms with E-state index in [1.165, 1.54) is 5.56 Å². The molecule has 0 saturated carbocycles. The van der Waals surface area contributed by atoms with Crippen molar-refractivity contribution in [3.8, 4) is 0 Å². The average molecular weight is 152 g/mol. The number of allylic oxidation sites excluding steroid dienone is 1. The Morgan fingerprint density at radius 2 is 1.92 bits per heavy atom. The minimum Gasteiger partial charge on any atom is -0.872 e. The molecule has 56 valence electrons. The van der Waals surface area contributed by atoms with Crippen LogP contribution in [0.4, 0.5) is 0 Å². The van der Waals surface area contributed by atoms with Crippen molar-refractivity contribution in [3.05, 3.63) is 41.0 Å². The van der Waals surface area contributed by atoms with E-state index in [4.69, 9.17) is 0 Å². The summed E-state index contributed by atoms with van der Waals surface area (Å²) in [6.07, 6.45) is 0.842. The first-order valence-electron chi connectivity index (χ1n) is 3.74. The van der Waals surface area contributed by atoms with Crippen LogP contribution < -0.4 is 24.0 Å². The van der Waals surface area contributed by atoms with Gasteiger partial charge in [0.25, 0.3) is 0 Å². The molecule has 1 aliphatic carbocycles. The van der Waals surface area contributed by atoms with Crippen molar-refractivity contribution in [2.75, 3.05) is 0 Å². The maximum Gasteiger partial charge on any atom is 1.00 e. The topological polar surface area (TPSA) is 23.1 Å². The number of fused-ring (bicyclic) bond motifs is 1. The van der Waals surface area contributed by atoms with Crippen molar-refractivity contribution in [2.24, 2.45) is 0 Å². The van der Waals surface area contributed by atoms with E-state index in [0.717, 1.165) is 17.6 Å². The molecular weight excluding hydrogens is 143 g/mol. The Morgan fingerprint density at radius 1 is 1.25 bits per heavy atom. The number of benzene rings is 1. The fourth-order valence-corrected chi connectivity index (χ4v) is 1.49. The molecule has 1 nitrogen and oxygen atoms in total. The molecule has 1 aromatic rings. The molecule has 0 aliphatic heterocycles. The van der Waals surface area contributed by atoms with Crippen LogP contribution in [0.2, 0.25) is 0 Å². The predicted octanol–water partition coefficient (Wildman–Crippen LogP) is -1.66. The first kappa shape index (κ1) is 9.45. The molecule has 0 bridgehead atoms. The molecule has 12 heavy (non-hydrogen) atoms. The molecule has 2 heteroatoms. The first-order valence-corrected chi connectivity index (χ1v) is 3.74. The van der Waals surface area contributed by atoms with Crippen LogP contribution in [-0.2, 0) is 6.42 Å². The van der Waals surface area contributed by atoms with Crippen LogP contribution >= 0.6 is 0 Å². The monoisotopic (exact) mass is 152 g/mol. The van der Waals surface area contributed by atoms with Gasteiger partial charge in [-0.15, -0.1) is 5.76 Å². The van der Waals surface area contributed by atoms with Gasteiger partial charge in [-0.2, -0.15) is 0 Å². The molecule has 0 aromatic heterocycles. The van der Waals surface area contributed by atoms with Gasteiger partial charge in [-0.25, -0.2) is 0 Å². The Balaban J connectivity index is 0.000000720. The number of hydrogen-bond acceptors (Lipinski definition) is 1. The Bertz CT molecular complexity index is 328. The minimum absolute atomic E-state index is 0. The summed E-state index contributed by atoms with van der Waals surface area (Å²) in [5, 5.41) is 11.4. The maximum atomic E-state index is 11.4. The number of rotatable bonds is 0. The van der Waals surface area contributed by atoms with Crippen molar-refractivity contribution >= 4 is 5.76 Å². The smallest absolute Gasteiger partial charge is 0.872 e. The van der Waals surface area contributed by atoms with Gasteiger partial charge < -0.3 is 5.11 Å². The van der Waals surface area contributed by atoms with Gasteiger partial charge in [-0.1, -0.05) is 29.8 Å². The van der Waals surface area contributed by atoms with Gasteiger partial charge in [0.1, 0.15) is 0 Å². The zero-order valence-corrected chi connectivity index (χ0v) is 7.42. The van der Waals surface area contributed by atoms with E-state index in [0.29, 0.717) is 0 Å². The van der Waals surface area contributed by atoms with E-state index in [-0.39, 0.29) is 24.6 Å². The van der Waals surface area contributed by atoms with Crippen molar-refractivity contribution in [1.29, 1.82) is 0 Å². The second-order valence-electron chi connectivity index (χ2n) is 2.94. The standard InChI is InChI=1S/C10H10O.Li/c1-7-6-8-4-2-3-5-9(8)10(7)11;/h2-5,11H,6H2,1H3;/q;+1/p-1. The van der Waals surface area contributed by atoms with E-state index in [2.05, 4.69) is 0 Å². The summed E-state index contributed by atoms with van der Waals surface area (Å²) in [4.78, 5) is 0. The van der Waals surface area contributed by atoms with Crippen molar-refractivity contribution < 1.29 is 24.0 Å². The van der Waals surface area contributed by atoms with Crippen LogP contribution in [-0.4, -0.2) is 0 Å². The van der Waals surface area contributed by atoms with Crippen LogP contribution in [0.1, 0.15) is 18.1 Å². The molecule has 0 atom stereocenters. The normalized spacial score (nSPS) is 14.1. The predicted molar refractivity (Wildman–Crippen MR) is 42.7 cm³/mol. The Kier molecular flexibility index (Phi) is 2.67. The molecule has 2 rings (SSSR count). The third kappa shape index (κ3) is 1.31. The van der Waals surface area contributed by atoms with Crippen molar-refractivity contribution in [3.63, 3.8) is 0 Å². The van der Waals surface area contributed by atoms with Crippen LogP contribution in [0.25, 0.3) is 5.76 Å². The van der Waals surface area contributed by atoms with Crippen molar-refractivity contribution in [1.82, 2.24) is 0 Å². The zero-order chi connectivity index (χ0) is 7.84. The summed E-state index contributed by atoms with van der Waals surface area (Å²) >= 11 is 0. The number of hydrogen-bond donors (Lipinski definition) is 0. The van der Waals surface area contributed by atoms with Gasteiger partial charge in [-0.3, -0.25) is 0 Å². The maximum absolute atomic E-state index is 11.4. The van der Waals surface area contributed by atoms with Gasteiger partial charge in [0.2, 0.25) is 0 Å². The third-order valence-electron chi connectivity index (χ3n) is 2.11. The Hall–Kier alpha value is -0.643. The van der Waals surface area contributed by atoms with Gasteiger partial charge >= 0.3 is 18.9 Å². The van der Waals surface area contributed by atoms with E-state index in [9.17, 15) is 5.11 Å². The molecule has 1 aromatic carbocycles. The van der Waals surface area contributed by atoms with Crippen LogP contribution in [0, 0.1) is 0 Å². The SMILES string of the molecule is CC1=C([O-])c2ccccc2C1.[Li+]. The summed E-state index contributed by atoms with van der Waals surface area (Å²) in [6.45, 7) is 1.91. The molecule has 1 aliphatic rings. The third-order valence-corrected chi connectivity index (χ3v) is 2.11. The van der Waals surface area contributed by atoms with E-state index in [1.807, 2.05) is 31.2 Å². The molecule has 0 spiro atoms. The molecule has 0 unspecified atom stereocenters. The van der Waals surface area contributed by atoms with Gasteiger partial charge in [-0.05, 0) is 24.5 Å². The summed E-state index contributed by atoms with van der Waals surface area (Å²) in [5.41, 5.74) is 3.03. The molecule has 0 fully saturated rings. The van der Waals surface area contributed by atoms with Gasteiger partial charge in [0.15, 0.2) is 0 Å². The summed E-state index contributed by atoms with van der Waals surface area (Å²) in [7, 11) is 0. The summed E-state index contributed by atoms with van der Waals surface area (Å²) in [5.74, 6) is 0.223. The second-order valence-corrected chi connectivity index (χ2v) is 2.94. The average Bonchev–Trinajstić information content (AvgIpc) is 2.30. The molecule has 0 radical (unpaired) electrons. The molecule has 0 heterocycles. The van der Waals surface area contributed by atoms with Crippen LogP contribution in [0.5, 0.6) is 0 Å². The zero-order valence-electron chi connectivity index (χ0n) is 7.42. The summed E-state index contributed by atoms with van der Waals surface area (Å²) < 4.78 is 0. The fourth-order valence-electron chi connectivity index (χ4n) is 1.49. The fraction of sp³-hybridized carbons (Fsp3) is 0.200. The Morgan fingerprint density at radius 3 is 2.58 bits per heavy atom. The summed E-state index contributed by atoms with van der Waals surface area (Å²) in [6, 6.07) is 7.80. The van der Waals surface area contributed by atoms with E-state index < -0.39 is 0 Å². The van der Waals surface area contributed by atoms with Crippen molar-refractivity contribution in [2.45, 2.75) is 13.3 Å². The molecule has 0 amide bonds. The molecular formula is C10H9LiO.